The lowest BCUT2D eigenvalue weighted by molar-refractivity contribution is 0.00863. The van der Waals surface area contributed by atoms with Crippen molar-refractivity contribution in [2.24, 2.45) is 0 Å². The summed E-state index contributed by atoms with van der Waals surface area (Å²) in [6.07, 6.45) is -1.04. The first kappa shape index (κ1) is 13.3. The summed E-state index contributed by atoms with van der Waals surface area (Å²) in [5.41, 5.74) is 0.900. The van der Waals surface area contributed by atoms with Gasteiger partial charge in [0.25, 0.3) is 0 Å². The van der Waals surface area contributed by atoms with E-state index in [4.69, 9.17) is 14.2 Å². The second-order valence-corrected chi connectivity index (χ2v) is 3.26. The Morgan fingerprint density at radius 1 is 1.18 bits per heavy atom. The van der Waals surface area contributed by atoms with Crippen LogP contribution in [-0.4, -0.2) is 34.1 Å². The zero-order chi connectivity index (χ0) is 12.7. The molecule has 0 spiro atoms. The standard InChI is InChI=1S/C12H16O5/c1-14-10-6-4-9(5-7-10)11(15-2)8-17-12(13)16-3/h4-7,11H,8H2,1-3H3. The van der Waals surface area contributed by atoms with Gasteiger partial charge in [0, 0.05) is 7.11 Å². The van der Waals surface area contributed by atoms with Gasteiger partial charge in [-0.15, -0.1) is 0 Å². The number of ether oxygens (including phenoxy) is 4. The van der Waals surface area contributed by atoms with Crippen molar-refractivity contribution in [3.63, 3.8) is 0 Å². The van der Waals surface area contributed by atoms with E-state index in [1.165, 1.54) is 7.11 Å². The SMILES string of the molecule is COC(=O)OCC(OC)c1ccc(OC)cc1. The number of hydrogen-bond donors (Lipinski definition) is 0. The fourth-order valence-electron chi connectivity index (χ4n) is 1.32. The van der Waals surface area contributed by atoms with Gasteiger partial charge in [-0.2, -0.15) is 0 Å². The van der Waals surface area contributed by atoms with Gasteiger partial charge in [-0.25, -0.2) is 4.79 Å². The molecule has 0 saturated carbocycles. The zero-order valence-electron chi connectivity index (χ0n) is 10.1. The third-order valence-corrected chi connectivity index (χ3v) is 2.29. The summed E-state index contributed by atoms with van der Waals surface area (Å²) < 4.78 is 19.5. The third-order valence-electron chi connectivity index (χ3n) is 2.29. The van der Waals surface area contributed by atoms with Crippen molar-refractivity contribution >= 4 is 6.16 Å². The van der Waals surface area contributed by atoms with Crippen LogP contribution in [0.3, 0.4) is 0 Å². The molecule has 94 valence electrons. The molecule has 0 heterocycles. The molecule has 0 amide bonds. The molecule has 0 fully saturated rings. The second-order valence-electron chi connectivity index (χ2n) is 3.26. The number of methoxy groups -OCH3 is 3. The minimum Gasteiger partial charge on any atom is -0.497 e. The van der Waals surface area contributed by atoms with Crippen LogP contribution in [0.4, 0.5) is 4.79 Å². The van der Waals surface area contributed by atoms with Gasteiger partial charge in [-0.3, -0.25) is 0 Å². The Labute approximate surface area is 100 Å². The van der Waals surface area contributed by atoms with Crippen LogP contribution in [-0.2, 0) is 14.2 Å². The van der Waals surface area contributed by atoms with Gasteiger partial charge in [0.15, 0.2) is 0 Å². The van der Waals surface area contributed by atoms with E-state index in [0.717, 1.165) is 11.3 Å². The smallest absolute Gasteiger partial charge is 0.497 e. The molecule has 1 atom stereocenters. The Kier molecular flexibility index (Phi) is 5.29. The number of rotatable bonds is 5. The van der Waals surface area contributed by atoms with Crippen molar-refractivity contribution in [1.29, 1.82) is 0 Å². The minimum atomic E-state index is -0.722. The predicted molar refractivity (Wildman–Crippen MR) is 61.1 cm³/mol. The Hall–Kier alpha value is -1.75. The maximum Gasteiger partial charge on any atom is 0.508 e. The Morgan fingerprint density at radius 3 is 2.29 bits per heavy atom. The van der Waals surface area contributed by atoms with E-state index in [0.29, 0.717) is 0 Å². The Balaban J connectivity index is 2.62. The molecule has 5 heteroatoms. The number of carbonyl (C=O) groups is 1. The quantitative estimate of drug-likeness (QED) is 0.738. The normalized spacial score (nSPS) is 11.7. The van der Waals surface area contributed by atoms with Crippen LogP contribution in [0.25, 0.3) is 0 Å². The molecule has 1 aromatic rings. The average molecular weight is 240 g/mol. The van der Waals surface area contributed by atoms with E-state index in [2.05, 4.69) is 4.74 Å². The van der Waals surface area contributed by atoms with Gasteiger partial charge >= 0.3 is 6.16 Å². The monoisotopic (exact) mass is 240 g/mol. The number of carbonyl (C=O) groups excluding carboxylic acids is 1. The van der Waals surface area contributed by atoms with Crippen molar-refractivity contribution in [1.82, 2.24) is 0 Å². The van der Waals surface area contributed by atoms with Crippen LogP contribution < -0.4 is 4.74 Å². The molecular weight excluding hydrogens is 224 g/mol. The second kappa shape index (κ2) is 6.75. The summed E-state index contributed by atoms with van der Waals surface area (Å²) in [7, 11) is 4.41. The maximum absolute atomic E-state index is 10.8. The fraction of sp³-hybridized carbons (Fsp3) is 0.417. The average Bonchev–Trinajstić information content (AvgIpc) is 2.39. The summed E-state index contributed by atoms with van der Waals surface area (Å²) in [5, 5.41) is 0. The lowest BCUT2D eigenvalue weighted by Gasteiger charge is -2.15. The van der Waals surface area contributed by atoms with Gasteiger partial charge in [-0.05, 0) is 17.7 Å². The van der Waals surface area contributed by atoms with Crippen molar-refractivity contribution < 1.29 is 23.7 Å². The van der Waals surface area contributed by atoms with Gasteiger partial charge in [-0.1, -0.05) is 12.1 Å². The first-order chi connectivity index (χ1) is 8.21. The van der Waals surface area contributed by atoms with E-state index in [-0.39, 0.29) is 12.7 Å². The molecule has 0 aliphatic heterocycles. The summed E-state index contributed by atoms with van der Waals surface area (Å²) in [4.78, 5) is 10.8. The number of hydrogen-bond acceptors (Lipinski definition) is 5. The molecule has 0 saturated heterocycles. The molecular formula is C12H16O5. The summed E-state index contributed by atoms with van der Waals surface area (Å²) >= 11 is 0. The molecule has 0 radical (unpaired) electrons. The van der Waals surface area contributed by atoms with Crippen molar-refractivity contribution in [2.75, 3.05) is 27.9 Å². The van der Waals surface area contributed by atoms with E-state index in [1.807, 2.05) is 24.3 Å². The molecule has 17 heavy (non-hydrogen) atoms. The summed E-state index contributed by atoms with van der Waals surface area (Å²) in [5.74, 6) is 0.762. The highest BCUT2D eigenvalue weighted by molar-refractivity contribution is 5.59. The van der Waals surface area contributed by atoms with Crippen LogP contribution in [0.1, 0.15) is 11.7 Å². The molecule has 0 aromatic heterocycles. The van der Waals surface area contributed by atoms with Gasteiger partial charge < -0.3 is 18.9 Å². The third kappa shape index (κ3) is 3.96. The number of benzene rings is 1. The van der Waals surface area contributed by atoms with Gasteiger partial charge in [0.2, 0.25) is 0 Å². The fourth-order valence-corrected chi connectivity index (χ4v) is 1.32. The first-order valence-corrected chi connectivity index (χ1v) is 5.08. The summed E-state index contributed by atoms with van der Waals surface area (Å²) in [6.45, 7) is 0.107. The van der Waals surface area contributed by atoms with Crippen molar-refractivity contribution in [2.45, 2.75) is 6.10 Å². The van der Waals surface area contributed by atoms with E-state index in [1.54, 1.807) is 14.2 Å². The first-order valence-electron chi connectivity index (χ1n) is 5.08. The highest BCUT2D eigenvalue weighted by atomic mass is 16.7. The lowest BCUT2D eigenvalue weighted by Crippen LogP contribution is -2.14. The molecule has 5 nitrogen and oxygen atoms in total. The molecule has 0 aliphatic rings. The molecule has 1 rings (SSSR count). The van der Waals surface area contributed by atoms with Crippen LogP contribution >= 0.6 is 0 Å². The van der Waals surface area contributed by atoms with Crippen molar-refractivity contribution in [3.8, 4) is 5.75 Å². The maximum atomic E-state index is 10.8. The summed E-state index contributed by atoms with van der Waals surface area (Å²) in [6, 6.07) is 7.35. The highest BCUT2D eigenvalue weighted by Gasteiger charge is 2.13. The lowest BCUT2D eigenvalue weighted by atomic mass is 10.1. The molecule has 1 aromatic carbocycles. The van der Waals surface area contributed by atoms with Crippen LogP contribution in [0, 0.1) is 0 Å². The predicted octanol–water partition coefficient (Wildman–Crippen LogP) is 2.17. The Morgan fingerprint density at radius 2 is 1.82 bits per heavy atom. The van der Waals surface area contributed by atoms with Gasteiger partial charge in [0.05, 0.1) is 14.2 Å². The zero-order valence-corrected chi connectivity index (χ0v) is 10.1. The van der Waals surface area contributed by atoms with E-state index in [9.17, 15) is 4.79 Å². The van der Waals surface area contributed by atoms with Crippen LogP contribution in [0.5, 0.6) is 5.75 Å². The van der Waals surface area contributed by atoms with E-state index >= 15 is 0 Å². The molecule has 0 bridgehead atoms. The van der Waals surface area contributed by atoms with E-state index < -0.39 is 6.16 Å². The van der Waals surface area contributed by atoms with Crippen LogP contribution in [0.2, 0.25) is 0 Å². The minimum absolute atomic E-state index is 0.107. The molecule has 1 unspecified atom stereocenters. The topological polar surface area (TPSA) is 54.0 Å². The largest absolute Gasteiger partial charge is 0.508 e. The highest BCUT2D eigenvalue weighted by Crippen LogP contribution is 2.20. The van der Waals surface area contributed by atoms with Crippen molar-refractivity contribution in [3.05, 3.63) is 29.8 Å². The molecule has 0 N–H and O–H groups in total. The van der Waals surface area contributed by atoms with Crippen LogP contribution in [0.15, 0.2) is 24.3 Å². The Bertz CT molecular complexity index is 346. The molecule has 0 aliphatic carbocycles. The van der Waals surface area contributed by atoms with Gasteiger partial charge in [0.1, 0.15) is 18.5 Å².